The van der Waals surface area contributed by atoms with E-state index >= 15 is 0 Å². The van der Waals surface area contributed by atoms with Gasteiger partial charge in [0.2, 0.25) is 17.7 Å². The molecule has 0 saturated heterocycles. The summed E-state index contributed by atoms with van der Waals surface area (Å²) >= 11 is 0. The van der Waals surface area contributed by atoms with E-state index in [2.05, 4.69) is 34.3 Å². The van der Waals surface area contributed by atoms with E-state index in [0.29, 0.717) is 44.7 Å². The van der Waals surface area contributed by atoms with E-state index in [0.717, 1.165) is 44.2 Å². The third-order valence-corrected chi connectivity index (χ3v) is 9.57. The molecule has 1 saturated carbocycles. The Morgan fingerprint density at radius 2 is 1.66 bits per heavy atom. The molecule has 1 fully saturated rings. The van der Waals surface area contributed by atoms with Crippen molar-refractivity contribution in [2.45, 2.75) is 109 Å². The first-order valence-electron chi connectivity index (χ1n) is 17.4. The summed E-state index contributed by atoms with van der Waals surface area (Å²) < 4.78 is 0. The van der Waals surface area contributed by atoms with Crippen LogP contribution < -0.4 is 10.6 Å². The number of benzene rings is 1. The van der Waals surface area contributed by atoms with Crippen LogP contribution in [0.15, 0.2) is 30.3 Å². The molecule has 0 bridgehead atoms. The predicted molar refractivity (Wildman–Crippen MR) is 187 cm³/mol. The number of nitrogens with zero attached hydrogens (tertiary/aromatic N) is 2. The fourth-order valence-electron chi connectivity index (χ4n) is 6.20. The molecule has 0 radical (unpaired) electrons. The number of likely N-dealkylation sites (N-methyl/N-ethyl adjacent to an activating group) is 2. The topological polar surface area (TPSA) is 122 Å². The van der Waals surface area contributed by atoms with Crippen molar-refractivity contribution in [2.24, 2.45) is 17.8 Å². The first-order chi connectivity index (χ1) is 22.5. The monoisotopic (exact) mass is 650 g/mol. The molecule has 9 heteroatoms. The second-order valence-electron chi connectivity index (χ2n) is 13.1. The largest absolute Gasteiger partial charge is 0.390 e. The molecule has 6 unspecified atom stereocenters. The van der Waals surface area contributed by atoms with Gasteiger partial charge in [-0.3, -0.25) is 14.4 Å². The van der Waals surface area contributed by atoms with Crippen LogP contribution >= 0.6 is 0 Å². The molecule has 47 heavy (non-hydrogen) atoms. The molecule has 0 spiro atoms. The van der Waals surface area contributed by atoms with Crippen molar-refractivity contribution in [1.29, 1.82) is 0 Å². The number of carbonyl (C=O) groups excluding carboxylic acids is 3. The Morgan fingerprint density at radius 1 is 0.979 bits per heavy atom. The van der Waals surface area contributed by atoms with Gasteiger partial charge in [0.05, 0.1) is 18.1 Å². The van der Waals surface area contributed by atoms with Crippen LogP contribution in [0, 0.1) is 42.4 Å². The Labute approximate surface area is 283 Å². The van der Waals surface area contributed by atoms with Crippen molar-refractivity contribution in [2.75, 3.05) is 33.7 Å². The van der Waals surface area contributed by atoms with Crippen molar-refractivity contribution in [3.63, 3.8) is 0 Å². The summed E-state index contributed by atoms with van der Waals surface area (Å²) in [5.74, 6) is 2.97. The van der Waals surface area contributed by atoms with E-state index in [1.165, 1.54) is 0 Å². The molecule has 2 rings (SSSR count). The fraction of sp³-hybridized carbons (Fsp3) is 0.658. The zero-order chi connectivity index (χ0) is 34.8. The van der Waals surface area contributed by atoms with Gasteiger partial charge < -0.3 is 30.6 Å². The summed E-state index contributed by atoms with van der Waals surface area (Å²) in [6, 6.07) is 7.65. The molecular weight excluding hydrogens is 592 g/mol. The van der Waals surface area contributed by atoms with Crippen LogP contribution in [-0.4, -0.2) is 95.8 Å². The second-order valence-corrected chi connectivity index (χ2v) is 13.1. The highest BCUT2D eigenvalue weighted by molar-refractivity contribution is 5.91. The molecule has 1 aliphatic carbocycles. The Hall–Kier alpha value is -3.37. The first kappa shape index (κ1) is 39.8. The van der Waals surface area contributed by atoms with Gasteiger partial charge in [-0.2, -0.15) is 0 Å². The molecule has 0 aliphatic heterocycles. The molecule has 0 heterocycles. The Balaban J connectivity index is 2.31. The number of terminal acetylenes is 2. The average molecular weight is 651 g/mol. The summed E-state index contributed by atoms with van der Waals surface area (Å²) in [6.07, 6.45) is 15.9. The third-order valence-electron chi connectivity index (χ3n) is 9.57. The number of hydrogen-bond acceptors (Lipinski definition) is 6. The highest BCUT2D eigenvalue weighted by atomic mass is 16.3. The van der Waals surface area contributed by atoms with E-state index in [1.807, 2.05) is 44.3 Å². The predicted octanol–water partition coefficient (Wildman–Crippen LogP) is 3.38. The molecule has 1 aliphatic rings. The van der Waals surface area contributed by atoms with Gasteiger partial charge in [0.15, 0.2) is 0 Å². The summed E-state index contributed by atoms with van der Waals surface area (Å²) in [4.78, 5) is 45.0. The van der Waals surface area contributed by atoms with Crippen molar-refractivity contribution >= 4 is 17.7 Å². The normalized spacial score (nSPS) is 17.3. The van der Waals surface area contributed by atoms with Crippen molar-refractivity contribution in [3.05, 3.63) is 35.9 Å². The second kappa shape index (κ2) is 21.5. The van der Waals surface area contributed by atoms with E-state index in [1.54, 1.807) is 11.9 Å². The number of nitrogens with one attached hydrogen (secondary N) is 2. The maximum Gasteiger partial charge on any atom is 0.244 e. The molecule has 3 amide bonds. The SMILES string of the molecule is C#CCCC(O)C(O)C(CC1CCCCC1)NC(=O)C(NC(=O)C(CC(=O)N(C)CCN(C)CC)Cc1ccccc1)C(C#C)CC. The number of rotatable bonds is 20. The van der Waals surface area contributed by atoms with Gasteiger partial charge in [0.25, 0.3) is 0 Å². The molecule has 1 aromatic rings. The van der Waals surface area contributed by atoms with Gasteiger partial charge in [0, 0.05) is 38.9 Å². The molecular formula is C38H58N4O5. The lowest BCUT2D eigenvalue weighted by atomic mass is 9.82. The lowest BCUT2D eigenvalue weighted by Crippen LogP contribution is -2.57. The van der Waals surface area contributed by atoms with Crippen LogP contribution in [0.5, 0.6) is 0 Å². The van der Waals surface area contributed by atoms with E-state index < -0.39 is 47.9 Å². The van der Waals surface area contributed by atoms with E-state index in [9.17, 15) is 24.6 Å². The van der Waals surface area contributed by atoms with Crippen LogP contribution in [0.2, 0.25) is 0 Å². The van der Waals surface area contributed by atoms with Gasteiger partial charge in [0.1, 0.15) is 12.1 Å². The standard InChI is InChI=1S/C38H58N4O5/c1-7-11-22-33(43)36(45)32(26-29-20-16-13-17-21-29)39-38(47)35(30(8-2)9-3)40-37(46)31(25-28-18-14-12-15-19-28)27-34(44)42(6)24-23-41(5)10-4/h1-2,12,14-15,18-19,29-33,35-36,43,45H,9-11,13,16-17,20-27H2,3-6H3,(H,39,47)(H,40,46). The number of amides is 3. The molecule has 1 aromatic carbocycles. The lowest BCUT2D eigenvalue weighted by molar-refractivity contribution is -0.137. The Kier molecular flexibility index (Phi) is 18.2. The van der Waals surface area contributed by atoms with Gasteiger partial charge in [-0.1, -0.05) is 76.3 Å². The maximum atomic E-state index is 14.0. The third kappa shape index (κ3) is 13.7. The zero-order valence-corrected chi connectivity index (χ0v) is 29.0. The Bertz CT molecular complexity index is 1170. The van der Waals surface area contributed by atoms with Gasteiger partial charge in [-0.25, -0.2) is 0 Å². The smallest absolute Gasteiger partial charge is 0.244 e. The van der Waals surface area contributed by atoms with Crippen LogP contribution in [0.4, 0.5) is 0 Å². The quantitative estimate of drug-likeness (QED) is 0.161. The molecule has 6 atom stereocenters. The maximum absolute atomic E-state index is 14.0. The van der Waals surface area contributed by atoms with Gasteiger partial charge in [-0.15, -0.1) is 24.7 Å². The van der Waals surface area contributed by atoms with Gasteiger partial charge in [-0.05, 0) is 50.8 Å². The first-order valence-corrected chi connectivity index (χ1v) is 17.4. The number of aliphatic hydroxyl groups is 2. The minimum Gasteiger partial charge on any atom is -0.390 e. The van der Waals surface area contributed by atoms with Crippen LogP contribution in [-0.2, 0) is 20.8 Å². The summed E-state index contributed by atoms with van der Waals surface area (Å²) in [7, 11) is 3.72. The van der Waals surface area contributed by atoms with E-state index in [-0.39, 0.29) is 18.7 Å². The van der Waals surface area contributed by atoms with E-state index in [4.69, 9.17) is 12.8 Å². The zero-order valence-electron chi connectivity index (χ0n) is 29.0. The highest BCUT2D eigenvalue weighted by Gasteiger charge is 2.36. The molecule has 260 valence electrons. The molecule has 4 N–H and O–H groups in total. The Morgan fingerprint density at radius 3 is 2.26 bits per heavy atom. The highest BCUT2D eigenvalue weighted by Crippen LogP contribution is 2.29. The lowest BCUT2D eigenvalue weighted by Gasteiger charge is -2.34. The number of carbonyl (C=O) groups is 3. The molecule has 0 aromatic heterocycles. The van der Waals surface area contributed by atoms with Gasteiger partial charge >= 0.3 is 0 Å². The fourth-order valence-corrected chi connectivity index (χ4v) is 6.20. The van der Waals surface area contributed by atoms with Crippen LogP contribution in [0.3, 0.4) is 0 Å². The van der Waals surface area contributed by atoms with Crippen LogP contribution in [0.1, 0.15) is 83.6 Å². The van der Waals surface area contributed by atoms with Crippen molar-refractivity contribution in [1.82, 2.24) is 20.4 Å². The minimum atomic E-state index is -1.23. The van der Waals surface area contributed by atoms with Crippen molar-refractivity contribution < 1.29 is 24.6 Å². The van der Waals surface area contributed by atoms with Crippen molar-refractivity contribution in [3.8, 4) is 24.7 Å². The summed E-state index contributed by atoms with van der Waals surface area (Å²) in [5, 5.41) is 27.8. The summed E-state index contributed by atoms with van der Waals surface area (Å²) in [6.45, 7) is 6.00. The molecule has 9 nitrogen and oxygen atoms in total. The number of hydrogen-bond donors (Lipinski definition) is 4. The number of aliphatic hydroxyl groups excluding tert-OH is 2. The van der Waals surface area contributed by atoms with Crippen LogP contribution in [0.25, 0.3) is 0 Å². The summed E-state index contributed by atoms with van der Waals surface area (Å²) in [5.41, 5.74) is 0.899. The minimum absolute atomic E-state index is 0.0291. The average Bonchev–Trinajstić information content (AvgIpc) is 3.09.